The summed E-state index contributed by atoms with van der Waals surface area (Å²) in [7, 11) is -1.50. The lowest BCUT2D eigenvalue weighted by Gasteiger charge is -2.39. The van der Waals surface area contributed by atoms with Gasteiger partial charge in [-0.3, -0.25) is 19.3 Å². The standard InChI is InChI=1S/C46H55N5O7Si/c1-32-42(59(3,4)56)40(28-41(53)48(24-25-52)29-33-12-7-5-8-13-33)58-46(32)38-27-37(57-2)18-19-39(38)49(44(46)55)30-34-14-11-17-36(26-34)50-31-51(35-15-9-6-10-16-35)45(43(50)54)20-22-47-23-21-45/h5-19,26-27,32,40,42,47,52,56H,20-25,28-31H2,1-4H3/t32-,40+,42-,46+/m1/s1. The minimum Gasteiger partial charge on any atom is -0.497 e. The van der Waals surface area contributed by atoms with Crippen LogP contribution in [-0.2, 0) is 37.8 Å². The Morgan fingerprint density at radius 1 is 0.915 bits per heavy atom. The number of ether oxygens (including phenoxy) is 2. The molecule has 0 saturated carbocycles. The maximum atomic E-state index is 15.3. The number of amides is 3. The van der Waals surface area contributed by atoms with Crippen LogP contribution in [0.1, 0.15) is 42.9 Å². The molecule has 3 N–H and O–H groups in total. The Bertz CT molecular complexity index is 2180. The summed E-state index contributed by atoms with van der Waals surface area (Å²) in [5.41, 5.74) is 2.24. The number of methoxy groups -OCH3 is 1. The summed E-state index contributed by atoms with van der Waals surface area (Å²) in [5.74, 6) is -0.347. The summed E-state index contributed by atoms with van der Waals surface area (Å²) in [5, 5.41) is 13.3. The molecule has 4 atom stereocenters. The van der Waals surface area contributed by atoms with Crippen molar-refractivity contribution in [3.05, 3.63) is 120 Å². The van der Waals surface area contributed by atoms with Gasteiger partial charge in [-0.25, -0.2) is 0 Å². The van der Waals surface area contributed by atoms with E-state index in [2.05, 4.69) is 22.3 Å². The van der Waals surface area contributed by atoms with E-state index in [1.165, 1.54) is 0 Å². The van der Waals surface area contributed by atoms with E-state index in [9.17, 15) is 19.5 Å². The molecule has 12 nitrogen and oxygen atoms in total. The van der Waals surface area contributed by atoms with Crippen LogP contribution in [0.4, 0.5) is 17.1 Å². The third-order valence-corrected chi connectivity index (χ3v) is 15.5. The van der Waals surface area contributed by atoms with Gasteiger partial charge >= 0.3 is 0 Å². The molecule has 0 radical (unpaired) electrons. The zero-order valence-corrected chi connectivity index (χ0v) is 35.3. The molecule has 3 saturated heterocycles. The second kappa shape index (κ2) is 16.2. The van der Waals surface area contributed by atoms with Crippen LogP contribution in [0.15, 0.2) is 103 Å². The van der Waals surface area contributed by atoms with Gasteiger partial charge < -0.3 is 39.4 Å². The molecule has 59 heavy (non-hydrogen) atoms. The lowest BCUT2D eigenvalue weighted by atomic mass is 9.82. The van der Waals surface area contributed by atoms with Gasteiger partial charge in [-0.1, -0.05) is 67.6 Å². The molecular weight excluding hydrogens is 763 g/mol. The molecule has 8 rings (SSSR count). The van der Waals surface area contributed by atoms with Crippen LogP contribution in [-0.4, -0.2) is 92.5 Å². The van der Waals surface area contributed by atoms with E-state index in [0.717, 1.165) is 35.6 Å². The maximum Gasteiger partial charge on any atom is 0.264 e. The van der Waals surface area contributed by atoms with Crippen molar-refractivity contribution in [1.29, 1.82) is 0 Å². The summed E-state index contributed by atoms with van der Waals surface area (Å²) in [6, 6.07) is 33.1. The predicted octanol–water partition coefficient (Wildman–Crippen LogP) is 5.38. The molecular formula is C46H55N5O7Si. The molecule has 3 amide bonds. The van der Waals surface area contributed by atoms with Crippen molar-refractivity contribution in [2.45, 2.75) is 75.2 Å². The number of aliphatic hydroxyl groups excluding tert-OH is 1. The zero-order valence-electron chi connectivity index (χ0n) is 34.3. The van der Waals surface area contributed by atoms with Gasteiger partial charge in [-0.15, -0.1) is 0 Å². The number of nitrogens with zero attached hydrogens (tertiary/aromatic N) is 4. The van der Waals surface area contributed by atoms with Crippen LogP contribution in [0.2, 0.25) is 18.6 Å². The fraction of sp³-hybridized carbons (Fsp3) is 0.413. The monoisotopic (exact) mass is 817 g/mol. The molecule has 0 unspecified atom stereocenters. The number of para-hydroxylation sites is 1. The number of carbonyl (C=O) groups is 3. The van der Waals surface area contributed by atoms with E-state index in [1.807, 2.05) is 116 Å². The number of rotatable bonds is 12. The zero-order chi connectivity index (χ0) is 41.5. The van der Waals surface area contributed by atoms with Gasteiger partial charge in [0.25, 0.3) is 11.8 Å². The van der Waals surface area contributed by atoms with E-state index in [-0.39, 0.29) is 43.8 Å². The molecule has 13 heteroatoms. The molecule has 4 aliphatic heterocycles. The van der Waals surface area contributed by atoms with Crippen LogP contribution >= 0.6 is 0 Å². The Labute approximate surface area is 347 Å². The SMILES string of the molecule is COc1ccc2c(c1)[C@]1(O[C@@H](CC(=O)N(CCO)Cc3ccccc3)[C@H]([Si](C)(C)O)[C@H]1C)C(=O)N2Cc1cccc(N2CN(c3ccccc3)C3(CCNCC3)C2=O)c1. The van der Waals surface area contributed by atoms with Gasteiger partial charge in [0.2, 0.25) is 5.91 Å². The van der Waals surface area contributed by atoms with Crippen LogP contribution < -0.4 is 24.8 Å². The molecule has 310 valence electrons. The molecule has 4 aromatic carbocycles. The fourth-order valence-electron chi connectivity index (χ4n) is 10.2. The number of benzene rings is 4. The number of anilines is 3. The van der Waals surface area contributed by atoms with Crippen LogP contribution in [0, 0.1) is 5.92 Å². The first-order valence-corrected chi connectivity index (χ1v) is 23.7. The van der Waals surface area contributed by atoms with E-state index < -0.39 is 37.0 Å². The predicted molar refractivity (Wildman–Crippen MR) is 229 cm³/mol. The van der Waals surface area contributed by atoms with E-state index >= 15 is 4.79 Å². The van der Waals surface area contributed by atoms with Crippen LogP contribution in [0.5, 0.6) is 5.75 Å². The second-order valence-electron chi connectivity index (χ2n) is 17.0. The highest BCUT2D eigenvalue weighted by Crippen LogP contribution is 2.60. The molecule has 4 aromatic rings. The van der Waals surface area contributed by atoms with E-state index in [1.54, 1.807) is 16.9 Å². The fourth-order valence-corrected chi connectivity index (χ4v) is 12.8. The number of hydrogen-bond acceptors (Lipinski definition) is 9. The van der Waals surface area contributed by atoms with Crippen LogP contribution in [0.3, 0.4) is 0 Å². The van der Waals surface area contributed by atoms with Gasteiger partial charge in [-0.2, -0.15) is 0 Å². The van der Waals surface area contributed by atoms with Gasteiger partial charge in [0.1, 0.15) is 11.3 Å². The maximum absolute atomic E-state index is 15.3. The molecule has 2 spiro atoms. The van der Waals surface area contributed by atoms with Crippen molar-refractivity contribution >= 4 is 43.1 Å². The Morgan fingerprint density at radius 2 is 1.59 bits per heavy atom. The average Bonchev–Trinajstić information content (AvgIpc) is 3.78. The first-order valence-electron chi connectivity index (χ1n) is 20.7. The highest BCUT2D eigenvalue weighted by atomic mass is 28.4. The minimum absolute atomic E-state index is 0.0589. The van der Waals surface area contributed by atoms with Gasteiger partial charge in [-0.05, 0) is 92.6 Å². The van der Waals surface area contributed by atoms with Crippen molar-refractivity contribution in [3.63, 3.8) is 0 Å². The molecule has 0 aliphatic carbocycles. The van der Waals surface area contributed by atoms with Gasteiger partial charge in [0.05, 0.1) is 45.1 Å². The van der Waals surface area contributed by atoms with Crippen molar-refractivity contribution in [2.75, 3.05) is 54.7 Å². The van der Waals surface area contributed by atoms with Gasteiger partial charge in [0.15, 0.2) is 13.9 Å². The number of nitrogens with one attached hydrogen (secondary N) is 1. The van der Waals surface area contributed by atoms with Crippen molar-refractivity contribution in [2.24, 2.45) is 5.92 Å². The Kier molecular flexibility index (Phi) is 11.2. The van der Waals surface area contributed by atoms with Crippen molar-refractivity contribution in [1.82, 2.24) is 10.2 Å². The first-order chi connectivity index (χ1) is 28.4. The third kappa shape index (κ3) is 7.22. The normalized spacial score (nSPS) is 23.7. The number of carbonyl (C=O) groups excluding carboxylic acids is 3. The lowest BCUT2D eigenvalue weighted by molar-refractivity contribution is -0.150. The summed E-state index contributed by atoms with van der Waals surface area (Å²) in [6.45, 7) is 8.02. The highest BCUT2D eigenvalue weighted by Gasteiger charge is 2.66. The summed E-state index contributed by atoms with van der Waals surface area (Å²) in [4.78, 5) is 63.2. The quantitative estimate of drug-likeness (QED) is 0.161. The van der Waals surface area contributed by atoms with Crippen molar-refractivity contribution in [3.8, 4) is 5.75 Å². The molecule has 3 fully saturated rings. The van der Waals surface area contributed by atoms with Gasteiger partial charge in [0, 0.05) is 41.5 Å². The topological polar surface area (TPSA) is 135 Å². The smallest absolute Gasteiger partial charge is 0.264 e. The second-order valence-corrected chi connectivity index (χ2v) is 20.9. The molecule has 0 aromatic heterocycles. The van der Waals surface area contributed by atoms with Crippen molar-refractivity contribution < 1.29 is 33.8 Å². The van der Waals surface area contributed by atoms with Crippen LogP contribution in [0.25, 0.3) is 0 Å². The van der Waals surface area contributed by atoms with E-state index in [4.69, 9.17) is 9.47 Å². The lowest BCUT2D eigenvalue weighted by Crippen LogP contribution is -2.55. The first kappa shape index (κ1) is 40.7. The number of piperidine rings is 1. The molecule has 4 aliphatic rings. The average molecular weight is 818 g/mol. The number of fused-ring (bicyclic) bond motifs is 2. The largest absolute Gasteiger partial charge is 0.497 e. The summed E-state index contributed by atoms with van der Waals surface area (Å²) < 4.78 is 12.7. The Balaban J connectivity index is 1.11. The number of hydrogen-bond donors (Lipinski definition) is 3. The summed E-state index contributed by atoms with van der Waals surface area (Å²) >= 11 is 0. The third-order valence-electron chi connectivity index (χ3n) is 13.0. The molecule has 0 bridgehead atoms. The number of aliphatic hydroxyl groups is 1. The minimum atomic E-state index is -3.08. The molecule has 4 heterocycles. The van der Waals surface area contributed by atoms with E-state index in [0.29, 0.717) is 43.1 Å². The Morgan fingerprint density at radius 3 is 2.27 bits per heavy atom. The Hall–Kier alpha value is -5.05. The summed E-state index contributed by atoms with van der Waals surface area (Å²) in [6.07, 6.45) is 0.584. The highest BCUT2D eigenvalue weighted by molar-refractivity contribution is 6.71.